The summed E-state index contributed by atoms with van der Waals surface area (Å²) in [5, 5.41) is 13.7. The van der Waals surface area contributed by atoms with Crippen molar-refractivity contribution >= 4 is 34.3 Å². The molecule has 1 heterocycles. The minimum Gasteiger partial charge on any atom is -0.393 e. The molecule has 2 aromatic rings. The highest BCUT2D eigenvalue weighted by Gasteiger charge is 2.25. The predicted molar refractivity (Wildman–Crippen MR) is 96.7 cm³/mol. The van der Waals surface area contributed by atoms with Crippen molar-refractivity contribution in [2.75, 3.05) is 13.6 Å². The highest BCUT2D eigenvalue weighted by atomic mass is 35.5. The molecule has 0 spiro atoms. The number of H-pyrrole nitrogens is 1. The van der Waals surface area contributed by atoms with Gasteiger partial charge in [-0.15, -0.1) is 0 Å². The van der Waals surface area contributed by atoms with E-state index in [1.165, 1.54) is 0 Å². The third kappa shape index (κ3) is 4.14. The van der Waals surface area contributed by atoms with E-state index in [4.69, 9.17) is 11.6 Å². The van der Waals surface area contributed by atoms with Gasteiger partial charge in [0.25, 0.3) is 5.91 Å². The third-order valence-electron chi connectivity index (χ3n) is 4.83. The molecule has 6 nitrogen and oxygen atoms in total. The molecule has 0 saturated heterocycles. The second kappa shape index (κ2) is 7.45. The molecule has 1 aromatic heterocycles. The lowest BCUT2D eigenvalue weighted by Gasteiger charge is -2.33. The van der Waals surface area contributed by atoms with Gasteiger partial charge in [-0.25, -0.2) is 0 Å². The molecule has 3 rings (SSSR count). The van der Waals surface area contributed by atoms with Gasteiger partial charge < -0.3 is 20.3 Å². The molecule has 0 bridgehead atoms. The van der Waals surface area contributed by atoms with Crippen molar-refractivity contribution in [3.63, 3.8) is 0 Å². The fourth-order valence-electron chi connectivity index (χ4n) is 3.25. The highest BCUT2D eigenvalue weighted by Crippen LogP contribution is 2.22. The number of likely N-dealkylation sites (N-methyl/N-ethyl adjacent to an activating group) is 1. The second-order valence-corrected chi connectivity index (χ2v) is 7.00. The average Bonchev–Trinajstić information content (AvgIpc) is 3.02. The average molecular weight is 364 g/mol. The van der Waals surface area contributed by atoms with Crippen LogP contribution >= 0.6 is 11.6 Å². The second-order valence-electron chi connectivity index (χ2n) is 6.56. The normalized spacial score (nSPS) is 20.4. The fourth-order valence-corrected chi connectivity index (χ4v) is 3.43. The SMILES string of the molecule is CN(C(=O)CNC(=O)c1cc2cc(Cl)ccc2[nH]1)C1CCC(O)CC1. The Balaban J connectivity index is 1.56. The zero-order valence-electron chi connectivity index (χ0n) is 14.1. The van der Waals surface area contributed by atoms with Crippen LogP contribution < -0.4 is 5.32 Å². The maximum atomic E-state index is 12.3. The van der Waals surface area contributed by atoms with E-state index in [9.17, 15) is 14.7 Å². The number of hydrogen-bond acceptors (Lipinski definition) is 3. The number of aromatic nitrogens is 1. The molecule has 1 aromatic carbocycles. The lowest BCUT2D eigenvalue weighted by molar-refractivity contribution is -0.131. The lowest BCUT2D eigenvalue weighted by atomic mass is 9.92. The molecular weight excluding hydrogens is 342 g/mol. The van der Waals surface area contributed by atoms with Gasteiger partial charge in [-0.3, -0.25) is 9.59 Å². The Morgan fingerprint density at radius 3 is 2.72 bits per heavy atom. The monoisotopic (exact) mass is 363 g/mol. The number of benzene rings is 1. The highest BCUT2D eigenvalue weighted by molar-refractivity contribution is 6.31. The maximum Gasteiger partial charge on any atom is 0.268 e. The summed E-state index contributed by atoms with van der Waals surface area (Å²) in [6.07, 6.45) is 2.76. The molecule has 0 radical (unpaired) electrons. The summed E-state index contributed by atoms with van der Waals surface area (Å²) >= 11 is 5.95. The van der Waals surface area contributed by atoms with Gasteiger partial charge in [-0.1, -0.05) is 11.6 Å². The van der Waals surface area contributed by atoms with Gasteiger partial charge >= 0.3 is 0 Å². The van der Waals surface area contributed by atoms with Gasteiger partial charge in [0, 0.05) is 29.0 Å². The number of rotatable bonds is 4. The molecule has 0 unspecified atom stereocenters. The zero-order chi connectivity index (χ0) is 18.0. The van der Waals surface area contributed by atoms with Gasteiger partial charge in [0.15, 0.2) is 0 Å². The Kier molecular flexibility index (Phi) is 5.30. The van der Waals surface area contributed by atoms with Crippen LogP contribution in [-0.2, 0) is 4.79 Å². The van der Waals surface area contributed by atoms with E-state index in [2.05, 4.69) is 10.3 Å². The van der Waals surface area contributed by atoms with Crippen LogP contribution in [0.1, 0.15) is 36.2 Å². The molecule has 1 aliphatic carbocycles. The summed E-state index contributed by atoms with van der Waals surface area (Å²) in [6.45, 7) is -0.0511. The van der Waals surface area contributed by atoms with E-state index in [-0.39, 0.29) is 30.5 Å². The molecule has 1 fully saturated rings. The Labute approximate surface area is 151 Å². The first kappa shape index (κ1) is 17.8. The standard InChI is InChI=1S/C18H22ClN3O3/c1-22(13-3-5-14(23)6-4-13)17(24)10-20-18(25)16-9-11-8-12(19)2-7-15(11)21-16/h2,7-9,13-14,21,23H,3-6,10H2,1H3,(H,20,25). The van der Waals surface area contributed by atoms with E-state index >= 15 is 0 Å². The smallest absolute Gasteiger partial charge is 0.268 e. The Morgan fingerprint density at radius 1 is 1.28 bits per heavy atom. The molecule has 1 saturated carbocycles. The predicted octanol–water partition coefficient (Wildman–Crippen LogP) is 2.31. The molecule has 0 atom stereocenters. The molecule has 25 heavy (non-hydrogen) atoms. The summed E-state index contributed by atoms with van der Waals surface area (Å²) in [6, 6.07) is 7.18. The van der Waals surface area contributed by atoms with Crippen LogP contribution in [0.2, 0.25) is 5.02 Å². The lowest BCUT2D eigenvalue weighted by Crippen LogP contribution is -2.45. The molecule has 7 heteroatoms. The number of carbonyl (C=O) groups is 2. The number of aromatic amines is 1. The number of nitrogens with zero attached hydrogens (tertiary/aromatic N) is 1. The van der Waals surface area contributed by atoms with Crippen LogP contribution in [0, 0.1) is 0 Å². The van der Waals surface area contributed by atoms with E-state index in [0.29, 0.717) is 23.6 Å². The largest absolute Gasteiger partial charge is 0.393 e. The zero-order valence-corrected chi connectivity index (χ0v) is 14.8. The minimum absolute atomic E-state index is 0.0511. The molecule has 0 aliphatic heterocycles. The van der Waals surface area contributed by atoms with Crippen LogP contribution in [0.15, 0.2) is 24.3 Å². The summed E-state index contributed by atoms with van der Waals surface area (Å²) in [5.41, 5.74) is 1.22. The first-order valence-electron chi connectivity index (χ1n) is 8.44. The first-order chi connectivity index (χ1) is 11.9. The van der Waals surface area contributed by atoms with Crippen LogP contribution in [0.25, 0.3) is 10.9 Å². The van der Waals surface area contributed by atoms with Crippen molar-refractivity contribution in [3.05, 3.63) is 35.0 Å². The number of carbonyl (C=O) groups excluding carboxylic acids is 2. The number of fused-ring (bicyclic) bond motifs is 1. The van der Waals surface area contributed by atoms with Crippen molar-refractivity contribution in [2.24, 2.45) is 0 Å². The summed E-state index contributed by atoms with van der Waals surface area (Å²) in [7, 11) is 1.75. The molecule has 3 N–H and O–H groups in total. The number of amides is 2. The number of aliphatic hydroxyl groups is 1. The minimum atomic E-state index is -0.326. The van der Waals surface area contributed by atoms with E-state index in [0.717, 1.165) is 23.7 Å². The maximum absolute atomic E-state index is 12.3. The first-order valence-corrected chi connectivity index (χ1v) is 8.82. The van der Waals surface area contributed by atoms with Gasteiger partial charge in [-0.2, -0.15) is 0 Å². The number of aliphatic hydroxyl groups excluding tert-OH is 1. The van der Waals surface area contributed by atoms with E-state index in [1.54, 1.807) is 30.1 Å². The van der Waals surface area contributed by atoms with Crippen molar-refractivity contribution in [3.8, 4) is 0 Å². The van der Waals surface area contributed by atoms with Crippen LogP contribution in [0.5, 0.6) is 0 Å². The van der Waals surface area contributed by atoms with Crippen molar-refractivity contribution < 1.29 is 14.7 Å². The Morgan fingerprint density at radius 2 is 2.00 bits per heavy atom. The van der Waals surface area contributed by atoms with E-state index < -0.39 is 0 Å². The Hall–Kier alpha value is -2.05. The van der Waals surface area contributed by atoms with Crippen molar-refractivity contribution in [1.82, 2.24) is 15.2 Å². The van der Waals surface area contributed by atoms with Crippen molar-refractivity contribution in [1.29, 1.82) is 0 Å². The van der Waals surface area contributed by atoms with Gasteiger partial charge in [0.1, 0.15) is 5.69 Å². The third-order valence-corrected chi connectivity index (χ3v) is 5.07. The quantitative estimate of drug-likeness (QED) is 0.779. The Bertz CT molecular complexity index is 781. The number of halogens is 1. The van der Waals surface area contributed by atoms with Gasteiger partial charge in [-0.05, 0) is 49.9 Å². The fraction of sp³-hybridized carbons (Fsp3) is 0.444. The van der Waals surface area contributed by atoms with Crippen LogP contribution in [0.4, 0.5) is 0 Å². The van der Waals surface area contributed by atoms with Gasteiger partial charge in [0.05, 0.1) is 12.6 Å². The van der Waals surface area contributed by atoms with E-state index in [1.807, 2.05) is 6.07 Å². The molecule has 134 valence electrons. The van der Waals surface area contributed by atoms with Crippen molar-refractivity contribution in [2.45, 2.75) is 37.8 Å². The summed E-state index contributed by atoms with van der Waals surface area (Å²) < 4.78 is 0. The van der Waals surface area contributed by atoms with Gasteiger partial charge in [0.2, 0.25) is 5.91 Å². The molecular formula is C18H22ClN3O3. The van der Waals surface area contributed by atoms with Crippen LogP contribution in [-0.4, -0.2) is 52.5 Å². The molecule has 1 aliphatic rings. The molecule has 2 amide bonds. The van der Waals surface area contributed by atoms with Crippen LogP contribution in [0.3, 0.4) is 0 Å². The topological polar surface area (TPSA) is 85.4 Å². The summed E-state index contributed by atoms with van der Waals surface area (Å²) in [5.74, 6) is -0.456. The summed E-state index contributed by atoms with van der Waals surface area (Å²) in [4.78, 5) is 29.3. The number of nitrogens with one attached hydrogen (secondary N) is 2. The number of hydrogen-bond donors (Lipinski definition) is 3.